The van der Waals surface area contributed by atoms with Crippen molar-refractivity contribution in [3.05, 3.63) is 40.8 Å². The van der Waals surface area contributed by atoms with Crippen molar-refractivity contribution < 1.29 is 14.0 Å². The maximum atomic E-state index is 13.7. The molecule has 2 amide bonds. The number of rotatable bonds is 3. The SMILES string of the molecule is Cc1nc(C(=O)N2[C@H](C(N)=O)C[C@@H]3CCC[C@@H]32)c(-c2cccc(F)c2)s1. The fraction of sp³-hybridized carbons (Fsp3) is 0.421. The number of fused-ring (bicyclic) bond motifs is 1. The second kappa shape index (κ2) is 6.46. The predicted molar refractivity (Wildman–Crippen MR) is 97.1 cm³/mol. The maximum absolute atomic E-state index is 13.7. The molecule has 0 spiro atoms. The topological polar surface area (TPSA) is 76.3 Å². The zero-order valence-corrected chi connectivity index (χ0v) is 15.3. The summed E-state index contributed by atoms with van der Waals surface area (Å²) in [5.41, 5.74) is 6.49. The van der Waals surface area contributed by atoms with Gasteiger partial charge in [-0.25, -0.2) is 9.37 Å². The highest BCUT2D eigenvalue weighted by atomic mass is 32.1. The summed E-state index contributed by atoms with van der Waals surface area (Å²) in [7, 11) is 0. The number of hydrogen-bond donors (Lipinski definition) is 1. The number of nitrogens with zero attached hydrogens (tertiary/aromatic N) is 2. The van der Waals surface area contributed by atoms with Gasteiger partial charge in [0.25, 0.3) is 5.91 Å². The molecule has 1 aromatic carbocycles. The number of aromatic nitrogens is 1. The number of halogens is 1. The van der Waals surface area contributed by atoms with Gasteiger partial charge in [-0.2, -0.15) is 0 Å². The molecule has 7 heteroatoms. The molecule has 1 aromatic heterocycles. The van der Waals surface area contributed by atoms with Crippen molar-refractivity contribution in [2.45, 2.75) is 44.7 Å². The van der Waals surface area contributed by atoms with Crippen LogP contribution in [-0.4, -0.2) is 33.8 Å². The summed E-state index contributed by atoms with van der Waals surface area (Å²) in [5, 5.41) is 0.727. The lowest BCUT2D eigenvalue weighted by Crippen LogP contribution is -2.47. The van der Waals surface area contributed by atoms with Crippen molar-refractivity contribution in [3.63, 3.8) is 0 Å². The van der Waals surface area contributed by atoms with Crippen LogP contribution in [0.3, 0.4) is 0 Å². The largest absolute Gasteiger partial charge is 0.368 e. The molecule has 1 aliphatic carbocycles. The van der Waals surface area contributed by atoms with Gasteiger partial charge >= 0.3 is 0 Å². The van der Waals surface area contributed by atoms with E-state index in [1.807, 2.05) is 6.92 Å². The molecule has 2 aliphatic rings. The molecule has 26 heavy (non-hydrogen) atoms. The Morgan fingerprint density at radius 3 is 2.88 bits per heavy atom. The van der Waals surface area contributed by atoms with E-state index >= 15 is 0 Å². The van der Waals surface area contributed by atoms with Crippen LogP contribution in [0.15, 0.2) is 24.3 Å². The minimum absolute atomic E-state index is 0.0439. The van der Waals surface area contributed by atoms with Crippen LogP contribution in [0.4, 0.5) is 4.39 Å². The first-order valence-corrected chi connectivity index (χ1v) is 9.62. The van der Waals surface area contributed by atoms with Gasteiger partial charge in [0.05, 0.1) is 9.88 Å². The molecule has 2 fully saturated rings. The molecule has 2 aromatic rings. The number of carbonyl (C=O) groups excluding carboxylic acids is 2. The van der Waals surface area contributed by atoms with Gasteiger partial charge in [0.2, 0.25) is 5.91 Å². The molecule has 5 nitrogen and oxygen atoms in total. The highest BCUT2D eigenvalue weighted by Gasteiger charge is 2.48. The van der Waals surface area contributed by atoms with E-state index in [1.165, 1.54) is 23.5 Å². The molecule has 1 saturated heterocycles. The summed E-state index contributed by atoms with van der Waals surface area (Å²) in [5.74, 6) is -0.772. The number of benzene rings is 1. The third kappa shape index (κ3) is 2.80. The fourth-order valence-electron chi connectivity index (χ4n) is 4.35. The van der Waals surface area contributed by atoms with E-state index in [0.717, 1.165) is 24.3 Å². The number of nitrogens with two attached hydrogens (primary N) is 1. The summed E-state index contributed by atoms with van der Waals surface area (Å²) >= 11 is 1.36. The number of likely N-dealkylation sites (tertiary alicyclic amines) is 1. The van der Waals surface area contributed by atoms with Crippen LogP contribution in [-0.2, 0) is 4.79 Å². The summed E-state index contributed by atoms with van der Waals surface area (Å²) in [6.45, 7) is 1.82. The molecule has 2 N–H and O–H groups in total. The number of primary amides is 1. The minimum Gasteiger partial charge on any atom is -0.368 e. The average Bonchev–Trinajstić information content (AvgIpc) is 3.27. The molecular formula is C19H20FN3O2S. The van der Waals surface area contributed by atoms with E-state index in [4.69, 9.17) is 5.73 Å². The van der Waals surface area contributed by atoms with Gasteiger partial charge in [0.1, 0.15) is 17.6 Å². The van der Waals surface area contributed by atoms with E-state index in [2.05, 4.69) is 4.98 Å². The number of thiazole rings is 1. The van der Waals surface area contributed by atoms with E-state index in [-0.39, 0.29) is 23.5 Å². The molecule has 0 bridgehead atoms. The van der Waals surface area contributed by atoms with Crippen LogP contribution in [0, 0.1) is 18.7 Å². The summed E-state index contributed by atoms with van der Waals surface area (Å²) < 4.78 is 13.7. The second-order valence-electron chi connectivity index (χ2n) is 7.05. The number of hydrogen-bond acceptors (Lipinski definition) is 4. The lowest BCUT2D eigenvalue weighted by molar-refractivity contribution is -0.122. The molecule has 2 heterocycles. The molecular weight excluding hydrogens is 353 g/mol. The van der Waals surface area contributed by atoms with Crippen molar-refractivity contribution in [2.24, 2.45) is 11.7 Å². The Balaban J connectivity index is 1.75. The highest BCUT2D eigenvalue weighted by Crippen LogP contribution is 2.43. The Morgan fingerprint density at radius 1 is 1.35 bits per heavy atom. The minimum atomic E-state index is -0.583. The zero-order valence-electron chi connectivity index (χ0n) is 14.4. The van der Waals surface area contributed by atoms with Gasteiger partial charge in [-0.15, -0.1) is 11.3 Å². The van der Waals surface area contributed by atoms with Gasteiger partial charge in [-0.3, -0.25) is 9.59 Å². The quantitative estimate of drug-likeness (QED) is 0.898. The van der Waals surface area contributed by atoms with Crippen molar-refractivity contribution in [1.29, 1.82) is 0 Å². The standard InChI is InChI=1S/C19H20FN3O2S/c1-10-22-16(17(26-10)12-5-2-6-13(20)8-12)19(25)23-14-7-3-4-11(14)9-15(23)18(21)24/h2,5-6,8,11,14-15H,3-4,7,9H2,1H3,(H2,21,24)/t11-,14-,15-/m0/s1. The Kier molecular flexibility index (Phi) is 4.26. The first kappa shape index (κ1) is 17.1. The van der Waals surface area contributed by atoms with Gasteiger partial charge in [-0.1, -0.05) is 18.6 Å². The molecule has 0 unspecified atom stereocenters. The summed E-state index contributed by atoms with van der Waals surface area (Å²) in [6, 6.07) is 5.61. The fourth-order valence-corrected chi connectivity index (χ4v) is 5.26. The van der Waals surface area contributed by atoms with Gasteiger partial charge in [0, 0.05) is 6.04 Å². The van der Waals surface area contributed by atoms with Crippen LogP contribution < -0.4 is 5.73 Å². The van der Waals surface area contributed by atoms with Gasteiger partial charge < -0.3 is 10.6 Å². The second-order valence-corrected chi connectivity index (χ2v) is 8.25. The summed E-state index contributed by atoms with van der Waals surface area (Å²) in [4.78, 5) is 32.0. The molecule has 3 atom stereocenters. The van der Waals surface area contributed by atoms with E-state index in [0.29, 0.717) is 22.8 Å². The smallest absolute Gasteiger partial charge is 0.274 e. The van der Waals surface area contributed by atoms with Gasteiger partial charge in [0.15, 0.2) is 0 Å². The van der Waals surface area contributed by atoms with Crippen molar-refractivity contribution in [2.75, 3.05) is 0 Å². The lowest BCUT2D eigenvalue weighted by atomic mass is 10.0. The summed E-state index contributed by atoms with van der Waals surface area (Å²) in [6.07, 6.45) is 3.59. The number of carbonyl (C=O) groups is 2. The zero-order chi connectivity index (χ0) is 18.4. The third-order valence-electron chi connectivity index (χ3n) is 5.42. The molecule has 1 aliphatic heterocycles. The van der Waals surface area contributed by atoms with E-state index in [1.54, 1.807) is 17.0 Å². The van der Waals surface area contributed by atoms with Gasteiger partial charge in [-0.05, 0) is 49.8 Å². The van der Waals surface area contributed by atoms with E-state index < -0.39 is 11.9 Å². The Labute approximate surface area is 155 Å². The predicted octanol–water partition coefficient (Wildman–Crippen LogP) is 3.13. The first-order valence-electron chi connectivity index (χ1n) is 8.81. The van der Waals surface area contributed by atoms with Crippen LogP contribution >= 0.6 is 11.3 Å². The van der Waals surface area contributed by atoms with Crippen molar-refractivity contribution in [3.8, 4) is 10.4 Å². The maximum Gasteiger partial charge on any atom is 0.274 e. The highest BCUT2D eigenvalue weighted by molar-refractivity contribution is 7.15. The van der Waals surface area contributed by atoms with Crippen LogP contribution in [0.2, 0.25) is 0 Å². The average molecular weight is 373 g/mol. The first-order chi connectivity index (χ1) is 12.5. The van der Waals surface area contributed by atoms with Crippen LogP contribution in [0.1, 0.15) is 41.2 Å². The molecule has 0 radical (unpaired) electrons. The molecule has 1 saturated carbocycles. The van der Waals surface area contributed by atoms with Crippen molar-refractivity contribution >= 4 is 23.2 Å². The van der Waals surface area contributed by atoms with Crippen molar-refractivity contribution in [1.82, 2.24) is 9.88 Å². The number of aryl methyl sites for hydroxylation is 1. The van der Waals surface area contributed by atoms with Crippen LogP contribution in [0.25, 0.3) is 10.4 Å². The number of amides is 2. The lowest BCUT2D eigenvalue weighted by Gasteiger charge is -2.27. The molecule has 136 valence electrons. The van der Waals surface area contributed by atoms with Crippen LogP contribution in [0.5, 0.6) is 0 Å². The van der Waals surface area contributed by atoms with E-state index in [9.17, 15) is 14.0 Å². The molecule has 4 rings (SSSR count). The third-order valence-corrected chi connectivity index (χ3v) is 6.44. The Morgan fingerprint density at radius 2 is 2.15 bits per heavy atom. The Hall–Kier alpha value is -2.28. The Bertz CT molecular complexity index is 881. The normalized spacial score (nSPS) is 24.7. The monoisotopic (exact) mass is 373 g/mol.